The third kappa shape index (κ3) is 1.75. The Morgan fingerprint density at radius 2 is 2.27 bits per heavy atom. The molecule has 0 aliphatic carbocycles. The van der Waals surface area contributed by atoms with Crippen molar-refractivity contribution in [3.8, 4) is 0 Å². The summed E-state index contributed by atoms with van der Waals surface area (Å²) in [5.41, 5.74) is 2.00. The van der Waals surface area contributed by atoms with E-state index in [1.807, 2.05) is 24.3 Å². The highest BCUT2D eigenvalue weighted by molar-refractivity contribution is 8.13. The number of thioether (sulfide) groups is 1. The average Bonchev–Trinajstić information content (AvgIpc) is 2.23. The van der Waals surface area contributed by atoms with Gasteiger partial charge in [0.25, 0.3) is 0 Å². The first-order valence-electron chi connectivity index (χ1n) is 4.34. The number of pyridine rings is 1. The molecule has 1 aliphatic heterocycles. The summed E-state index contributed by atoms with van der Waals surface area (Å²) in [7, 11) is 1.91. The van der Waals surface area contributed by atoms with Crippen LogP contribution in [0.1, 0.15) is 5.56 Å². The summed E-state index contributed by atoms with van der Waals surface area (Å²) >= 11 is 7.45. The number of halogens is 1. The van der Waals surface area contributed by atoms with E-state index in [2.05, 4.69) is 16.6 Å². The van der Waals surface area contributed by atoms with Gasteiger partial charge in [0.15, 0.2) is 0 Å². The minimum absolute atomic E-state index is 0.483. The van der Waals surface area contributed by atoms with Crippen LogP contribution in [-0.2, 0) is 0 Å². The first kappa shape index (κ1) is 10.5. The van der Waals surface area contributed by atoms with Crippen LogP contribution >= 0.6 is 23.4 Å². The van der Waals surface area contributed by atoms with Gasteiger partial charge >= 0.3 is 0 Å². The third-order valence-electron chi connectivity index (χ3n) is 2.25. The highest BCUT2D eigenvalue weighted by atomic mass is 35.5. The summed E-state index contributed by atoms with van der Waals surface area (Å²) in [6.45, 7) is 3.88. The zero-order valence-electron chi connectivity index (χ0n) is 8.49. The second-order valence-corrected chi connectivity index (χ2v) is 4.30. The van der Waals surface area contributed by atoms with Crippen molar-refractivity contribution in [3.63, 3.8) is 0 Å². The molecule has 1 aromatic heterocycles. The standard InChI is InChI=1S/C10H10ClN3S/c1-6-13-10(15-3)7-4-9(11)12-5-8(7)14(6)2/h4-5H,1H2,2-3H3. The topological polar surface area (TPSA) is 28.5 Å². The van der Waals surface area contributed by atoms with Gasteiger partial charge in [-0.15, -0.1) is 11.8 Å². The van der Waals surface area contributed by atoms with E-state index >= 15 is 0 Å². The van der Waals surface area contributed by atoms with Crippen LogP contribution in [0.15, 0.2) is 29.7 Å². The van der Waals surface area contributed by atoms with E-state index in [1.165, 1.54) is 0 Å². The predicted molar refractivity (Wildman–Crippen MR) is 66.8 cm³/mol. The Labute approximate surface area is 97.9 Å². The van der Waals surface area contributed by atoms with E-state index in [4.69, 9.17) is 11.6 Å². The van der Waals surface area contributed by atoms with Crippen molar-refractivity contribution in [1.29, 1.82) is 0 Å². The molecule has 0 atom stereocenters. The maximum atomic E-state index is 5.87. The van der Waals surface area contributed by atoms with Crippen molar-refractivity contribution in [3.05, 3.63) is 35.4 Å². The highest BCUT2D eigenvalue weighted by Gasteiger charge is 2.20. The van der Waals surface area contributed by atoms with Gasteiger partial charge in [-0.2, -0.15) is 0 Å². The van der Waals surface area contributed by atoms with Crippen molar-refractivity contribution < 1.29 is 0 Å². The number of nitrogens with zero attached hydrogens (tertiary/aromatic N) is 3. The maximum Gasteiger partial charge on any atom is 0.129 e. The van der Waals surface area contributed by atoms with Crippen molar-refractivity contribution >= 4 is 34.1 Å². The molecule has 0 bridgehead atoms. The molecule has 1 aliphatic rings. The molecule has 3 nitrogen and oxygen atoms in total. The summed E-state index contributed by atoms with van der Waals surface area (Å²) in [6.07, 6.45) is 3.73. The molecule has 0 radical (unpaired) electrons. The Kier molecular flexibility index (Phi) is 2.71. The molecule has 0 spiro atoms. The van der Waals surface area contributed by atoms with Crippen LogP contribution in [0.5, 0.6) is 0 Å². The summed E-state index contributed by atoms with van der Waals surface area (Å²) < 4.78 is 0. The Morgan fingerprint density at radius 1 is 1.53 bits per heavy atom. The number of fused-ring (bicyclic) bond motifs is 1. The van der Waals surface area contributed by atoms with E-state index < -0.39 is 0 Å². The molecule has 0 fully saturated rings. The van der Waals surface area contributed by atoms with Gasteiger partial charge in [-0.3, -0.25) is 0 Å². The van der Waals surface area contributed by atoms with E-state index in [1.54, 1.807) is 18.0 Å². The second kappa shape index (κ2) is 3.87. The van der Waals surface area contributed by atoms with Gasteiger partial charge < -0.3 is 4.90 Å². The van der Waals surface area contributed by atoms with Gasteiger partial charge in [0.1, 0.15) is 16.0 Å². The minimum atomic E-state index is 0.483. The molecule has 0 aromatic carbocycles. The van der Waals surface area contributed by atoms with Crippen molar-refractivity contribution in [1.82, 2.24) is 4.98 Å². The molecule has 0 unspecified atom stereocenters. The van der Waals surface area contributed by atoms with Crippen LogP contribution in [0.25, 0.3) is 0 Å². The quantitative estimate of drug-likeness (QED) is 0.652. The van der Waals surface area contributed by atoms with Crippen molar-refractivity contribution in [2.45, 2.75) is 0 Å². The Bertz CT molecular complexity index is 456. The molecule has 1 aromatic rings. The Morgan fingerprint density at radius 3 is 2.93 bits per heavy atom. The SMILES string of the molecule is C=C1N=C(SC)c2cc(Cl)ncc2N1C. The Hall–Kier alpha value is -1.00. The number of hydrogen-bond donors (Lipinski definition) is 0. The van der Waals surface area contributed by atoms with Crippen LogP contribution in [0.4, 0.5) is 5.69 Å². The number of hydrogen-bond acceptors (Lipinski definition) is 4. The van der Waals surface area contributed by atoms with E-state index in [0.717, 1.165) is 22.1 Å². The maximum absolute atomic E-state index is 5.87. The van der Waals surface area contributed by atoms with Crippen molar-refractivity contribution in [2.24, 2.45) is 4.99 Å². The van der Waals surface area contributed by atoms with E-state index in [9.17, 15) is 0 Å². The smallest absolute Gasteiger partial charge is 0.129 e. The fourth-order valence-electron chi connectivity index (χ4n) is 1.41. The molecule has 78 valence electrons. The van der Waals surface area contributed by atoms with Gasteiger partial charge in [-0.1, -0.05) is 18.2 Å². The number of rotatable bonds is 0. The van der Waals surface area contributed by atoms with E-state index in [-0.39, 0.29) is 0 Å². The zero-order valence-corrected chi connectivity index (χ0v) is 10.1. The lowest BCUT2D eigenvalue weighted by molar-refractivity contribution is 1.04. The largest absolute Gasteiger partial charge is 0.328 e. The van der Waals surface area contributed by atoms with E-state index in [0.29, 0.717) is 5.15 Å². The average molecular weight is 240 g/mol. The zero-order chi connectivity index (χ0) is 11.0. The van der Waals surface area contributed by atoms with Crippen LogP contribution in [0, 0.1) is 0 Å². The Balaban J connectivity index is 2.63. The van der Waals surface area contributed by atoms with Crippen LogP contribution in [0.3, 0.4) is 0 Å². The first-order chi connectivity index (χ1) is 7.13. The lowest BCUT2D eigenvalue weighted by Gasteiger charge is -2.26. The number of anilines is 1. The molecule has 0 saturated carbocycles. The normalized spacial score (nSPS) is 15.0. The molecule has 5 heteroatoms. The number of aliphatic imine (C=N–C) groups is 1. The molecular formula is C10H10ClN3S. The third-order valence-corrected chi connectivity index (χ3v) is 3.16. The molecule has 2 rings (SSSR count). The van der Waals surface area contributed by atoms with Crippen LogP contribution in [0.2, 0.25) is 5.15 Å². The van der Waals surface area contributed by atoms with Gasteiger partial charge in [0.05, 0.1) is 11.9 Å². The predicted octanol–water partition coefficient (Wildman–Crippen LogP) is 2.77. The van der Waals surface area contributed by atoms with Crippen LogP contribution < -0.4 is 4.90 Å². The van der Waals surface area contributed by atoms with Gasteiger partial charge in [-0.05, 0) is 12.3 Å². The molecule has 0 amide bonds. The van der Waals surface area contributed by atoms with Crippen molar-refractivity contribution in [2.75, 3.05) is 18.2 Å². The summed E-state index contributed by atoms with van der Waals surface area (Å²) in [5, 5.41) is 1.41. The lowest BCUT2D eigenvalue weighted by atomic mass is 10.2. The summed E-state index contributed by atoms with van der Waals surface area (Å²) in [6, 6.07) is 1.83. The lowest BCUT2D eigenvalue weighted by Crippen LogP contribution is -2.22. The number of aromatic nitrogens is 1. The first-order valence-corrected chi connectivity index (χ1v) is 5.95. The molecule has 15 heavy (non-hydrogen) atoms. The fourth-order valence-corrected chi connectivity index (χ4v) is 2.15. The molecular weight excluding hydrogens is 230 g/mol. The second-order valence-electron chi connectivity index (χ2n) is 3.12. The van der Waals surface area contributed by atoms with Gasteiger partial charge in [-0.25, -0.2) is 9.98 Å². The molecule has 0 saturated heterocycles. The summed E-state index contributed by atoms with van der Waals surface area (Å²) in [4.78, 5) is 10.4. The monoisotopic (exact) mass is 239 g/mol. The fraction of sp³-hybridized carbons (Fsp3) is 0.200. The highest BCUT2D eigenvalue weighted by Crippen LogP contribution is 2.31. The summed E-state index contributed by atoms with van der Waals surface area (Å²) in [5.74, 6) is 0.718. The molecule has 2 heterocycles. The van der Waals surface area contributed by atoms with Crippen LogP contribution in [-0.4, -0.2) is 23.3 Å². The van der Waals surface area contributed by atoms with Gasteiger partial charge in [0.2, 0.25) is 0 Å². The van der Waals surface area contributed by atoms with Gasteiger partial charge in [0, 0.05) is 12.6 Å². The molecule has 0 N–H and O–H groups in total. The minimum Gasteiger partial charge on any atom is -0.328 e.